The van der Waals surface area contributed by atoms with Crippen LogP contribution in [0.15, 0.2) is 24.3 Å². The van der Waals surface area contributed by atoms with E-state index in [0.717, 1.165) is 24.3 Å². The topological polar surface area (TPSA) is 29.3 Å². The van der Waals surface area contributed by atoms with Gasteiger partial charge in [0, 0.05) is 24.3 Å². The molecule has 2 saturated carbocycles. The second-order valence-corrected chi connectivity index (χ2v) is 5.59. The van der Waals surface area contributed by atoms with Crippen molar-refractivity contribution in [1.29, 1.82) is 0 Å². The van der Waals surface area contributed by atoms with Crippen LogP contribution >= 0.6 is 0 Å². The maximum Gasteiger partial charge on any atom is 0.0317 e. The van der Waals surface area contributed by atoms with Crippen LogP contribution in [0.2, 0.25) is 0 Å². The van der Waals surface area contributed by atoms with E-state index in [-0.39, 0.29) is 0 Å². The van der Waals surface area contributed by atoms with E-state index in [9.17, 15) is 0 Å². The van der Waals surface area contributed by atoms with Crippen LogP contribution in [0.4, 0.5) is 5.69 Å². The maximum absolute atomic E-state index is 5.86. The van der Waals surface area contributed by atoms with Crippen molar-refractivity contribution in [2.75, 3.05) is 5.73 Å². The molecule has 2 N–H and O–H groups in total. The largest absolute Gasteiger partial charge is 0.399 e. The summed E-state index contributed by atoms with van der Waals surface area (Å²) in [4.78, 5) is 2.74. The van der Waals surface area contributed by atoms with Gasteiger partial charge in [0.05, 0.1) is 0 Å². The number of anilines is 1. The highest BCUT2D eigenvalue weighted by Crippen LogP contribution is 2.35. The molecule has 2 heteroatoms. The summed E-state index contributed by atoms with van der Waals surface area (Å²) >= 11 is 0. The van der Waals surface area contributed by atoms with Gasteiger partial charge >= 0.3 is 0 Å². The number of benzene rings is 1. The van der Waals surface area contributed by atoms with Crippen molar-refractivity contribution < 1.29 is 0 Å². The van der Waals surface area contributed by atoms with Crippen LogP contribution in [-0.4, -0.2) is 17.0 Å². The first-order chi connectivity index (χ1) is 8.33. The van der Waals surface area contributed by atoms with Gasteiger partial charge in [0.15, 0.2) is 0 Å². The minimum absolute atomic E-state index is 0.837. The summed E-state index contributed by atoms with van der Waals surface area (Å²) in [6.45, 7) is 1.10. The van der Waals surface area contributed by atoms with Gasteiger partial charge in [-0.2, -0.15) is 0 Å². The van der Waals surface area contributed by atoms with Gasteiger partial charge in [0.25, 0.3) is 0 Å². The molecule has 0 saturated heterocycles. The monoisotopic (exact) mass is 230 g/mol. The van der Waals surface area contributed by atoms with Crippen LogP contribution in [0.25, 0.3) is 0 Å². The molecule has 2 fully saturated rings. The highest BCUT2D eigenvalue weighted by molar-refractivity contribution is 5.40. The van der Waals surface area contributed by atoms with Gasteiger partial charge in [-0.3, -0.25) is 4.90 Å². The van der Waals surface area contributed by atoms with E-state index < -0.39 is 0 Å². The Morgan fingerprint density at radius 1 is 1.06 bits per heavy atom. The quantitative estimate of drug-likeness (QED) is 0.805. The number of nitrogens with two attached hydrogens (primary N) is 1. The van der Waals surface area contributed by atoms with Gasteiger partial charge in [-0.15, -0.1) is 0 Å². The van der Waals surface area contributed by atoms with Gasteiger partial charge in [-0.25, -0.2) is 0 Å². The SMILES string of the molecule is Nc1cccc(CN(C2CCCC2)C2CC2)c1. The van der Waals surface area contributed by atoms with Crippen LogP contribution in [0.3, 0.4) is 0 Å². The van der Waals surface area contributed by atoms with Crippen LogP contribution in [0, 0.1) is 0 Å². The zero-order chi connectivity index (χ0) is 11.7. The minimum atomic E-state index is 0.837. The zero-order valence-corrected chi connectivity index (χ0v) is 10.4. The highest BCUT2D eigenvalue weighted by atomic mass is 15.2. The van der Waals surface area contributed by atoms with Gasteiger partial charge in [-0.05, 0) is 43.4 Å². The number of hydrogen-bond acceptors (Lipinski definition) is 2. The van der Waals surface area contributed by atoms with Crippen molar-refractivity contribution in [3.8, 4) is 0 Å². The third kappa shape index (κ3) is 2.63. The fourth-order valence-electron chi connectivity index (χ4n) is 3.10. The Morgan fingerprint density at radius 3 is 2.41 bits per heavy atom. The van der Waals surface area contributed by atoms with E-state index in [2.05, 4.69) is 23.1 Å². The molecule has 0 aliphatic heterocycles. The third-order valence-electron chi connectivity index (χ3n) is 4.13. The summed E-state index contributed by atoms with van der Waals surface area (Å²) in [5.74, 6) is 0. The van der Waals surface area contributed by atoms with Gasteiger partial charge in [-0.1, -0.05) is 25.0 Å². The molecule has 0 spiro atoms. The zero-order valence-electron chi connectivity index (χ0n) is 10.4. The maximum atomic E-state index is 5.86. The van der Waals surface area contributed by atoms with Crippen molar-refractivity contribution in [3.05, 3.63) is 29.8 Å². The molecule has 3 rings (SSSR count). The summed E-state index contributed by atoms with van der Waals surface area (Å²) in [5, 5.41) is 0. The Balaban J connectivity index is 1.71. The van der Waals surface area contributed by atoms with E-state index in [1.165, 1.54) is 44.1 Å². The molecule has 0 amide bonds. The van der Waals surface area contributed by atoms with Crippen molar-refractivity contribution >= 4 is 5.69 Å². The molecule has 0 bridgehead atoms. The van der Waals surface area contributed by atoms with Crippen LogP contribution < -0.4 is 5.73 Å². The van der Waals surface area contributed by atoms with E-state index in [1.54, 1.807) is 0 Å². The van der Waals surface area contributed by atoms with E-state index in [4.69, 9.17) is 5.73 Å². The Bertz CT molecular complexity index is 378. The van der Waals surface area contributed by atoms with Gasteiger partial charge < -0.3 is 5.73 Å². The van der Waals surface area contributed by atoms with Crippen molar-refractivity contribution in [2.24, 2.45) is 0 Å². The van der Waals surface area contributed by atoms with Crippen LogP contribution in [0.1, 0.15) is 44.1 Å². The Kier molecular flexibility index (Phi) is 3.06. The summed E-state index contributed by atoms with van der Waals surface area (Å²) in [5.41, 5.74) is 8.13. The number of rotatable bonds is 4. The smallest absolute Gasteiger partial charge is 0.0317 e. The lowest BCUT2D eigenvalue weighted by atomic mass is 10.1. The van der Waals surface area contributed by atoms with Gasteiger partial charge in [0.2, 0.25) is 0 Å². The molecule has 17 heavy (non-hydrogen) atoms. The average Bonchev–Trinajstić information content (AvgIpc) is 3.01. The standard InChI is InChI=1S/C15H22N2/c16-13-5-3-4-12(10-13)11-17(15-8-9-15)14-6-1-2-7-14/h3-5,10,14-15H,1-2,6-9,11,16H2. The fourth-order valence-corrected chi connectivity index (χ4v) is 3.10. The van der Waals surface area contributed by atoms with Crippen LogP contribution in [0.5, 0.6) is 0 Å². The van der Waals surface area contributed by atoms with E-state index in [1.807, 2.05) is 6.07 Å². The molecule has 1 aromatic rings. The summed E-state index contributed by atoms with van der Waals surface area (Å²) < 4.78 is 0. The number of nitrogens with zero attached hydrogens (tertiary/aromatic N) is 1. The van der Waals surface area contributed by atoms with Gasteiger partial charge in [0.1, 0.15) is 0 Å². The molecule has 0 aromatic heterocycles. The Morgan fingerprint density at radius 2 is 1.76 bits per heavy atom. The first-order valence-corrected chi connectivity index (χ1v) is 6.93. The average molecular weight is 230 g/mol. The minimum Gasteiger partial charge on any atom is -0.399 e. The van der Waals surface area contributed by atoms with Crippen molar-refractivity contribution in [3.63, 3.8) is 0 Å². The molecular formula is C15H22N2. The lowest BCUT2D eigenvalue weighted by molar-refractivity contribution is 0.179. The van der Waals surface area contributed by atoms with Crippen LogP contribution in [-0.2, 0) is 6.54 Å². The summed E-state index contributed by atoms with van der Waals surface area (Å²) in [6, 6.07) is 10.1. The number of nitrogen functional groups attached to an aromatic ring is 1. The molecule has 2 aliphatic rings. The van der Waals surface area contributed by atoms with E-state index >= 15 is 0 Å². The lowest BCUT2D eigenvalue weighted by Crippen LogP contribution is -2.34. The fraction of sp³-hybridized carbons (Fsp3) is 0.600. The normalized spacial score (nSPS) is 21.2. The van der Waals surface area contributed by atoms with Crippen molar-refractivity contribution in [2.45, 2.75) is 57.2 Å². The molecular weight excluding hydrogens is 208 g/mol. The molecule has 0 unspecified atom stereocenters. The summed E-state index contributed by atoms with van der Waals surface area (Å²) in [6.07, 6.45) is 8.45. The van der Waals surface area contributed by atoms with E-state index in [0.29, 0.717) is 0 Å². The molecule has 0 heterocycles. The Labute approximate surface area is 104 Å². The third-order valence-corrected chi connectivity index (χ3v) is 4.13. The predicted molar refractivity (Wildman–Crippen MR) is 71.7 cm³/mol. The predicted octanol–water partition coefficient (Wildman–Crippen LogP) is 3.18. The first kappa shape index (κ1) is 11.1. The highest BCUT2D eigenvalue weighted by Gasteiger charge is 2.34. The Hall–Kier alpha value is -1.02. The second kappa shape index (κ2) is 4.69. The number of hydrogen-bond donors (Lipinski definition) is 1. The molecule has 92 valence electrons. The summed E-state index contributed by atoms with van der Waals surface area (Å²) in [7, 11) is 0. The lowest BCUT2D eigenvalue weighted by Gasteiger charge is -2.29. The molecule has 0 atom stereocenters. The van der Waals surface area contributed by atoms with Crippen molar-refractivity contribution in [1.82, 2.24) is 4.90 Å². The second-order valence-electron chi connectivity index (χ2n) is 5.59. The molecule has 2 aliphatic carbocycles. The molecule has 0 radical (unpaired) electrons. The molecule has 2 nitrogen and oxygen atoms in total. The molecule has 1 aromatic carbocycles. The first-order valence-electron chi connectivity index (χ1n) is 6.93.